The van der Waals surface area contributed by atoms with Crippen LogP contribution < -0.4 is 15.4 Å². The SMILES string of the molecule is COc1ccc(-c2csc(CNC3CCCC3C3COCCN3)c2)cc1.Cl. The highest BCUT2D eigenvalue weighted by atomic mass is 35.5. The highest BCUT2D eigenvalue weighted by Crippen LogP contribution is 2.31. The molecule has 2 heterocycles. The van der Waals surface area contributed by atoms with Crippen molar-refractivity contribution in [3.63, 3.8) is 0 Å². The van der Waals surface area contributed by atoms with Crippen LogP contribution in [0, 0.1) is 5.92 Å². The summed E-state index contributed by atoms with van der Waals surface area (Å²) in [5.74, 6) is 1.59. The van der Waals surface area contributed by atoms with Gasteiger partial charge in [-0.05, 0) is 53.5 Å². The van der Waals surface area contributed by atoms with E-state index in [-0.39, 0.29) is 12.4 Å². The predicted molar refractivity (Wildman–Crippen MR) is 114 cm³/mol. The van der Waals surface area contributed by atoms with Crippen molar-refractivity contribution in [2.45, 2.75) is 37.9 Å². The average Bonchev–Trinajstić information content (AvgIpc) is 3.36. The van der Waals surface area contributed by atoms with E-state index < -0.39 is 0 Å². The Labute approximate surface area is 172 Å². The Morgan fingerprint density at radius 2 is 2.07 bits per heavy atom. The molecule has 0 radical (unpaired) electrons. The van der Waals surface area contributed by atoms with Crippen LogP contribution in [-0.2, 0) is 11.3 Å². The van der Waals surface area contributed by atoms with Gasteiger partial charge in [-0.3, -0.25) is 0 Å². The molecule has 2 aromatic rings. The lowest BCUT2D eigenvalue weighted by Gasteiger charge is -2.33. The van der Waals surface area contributed by atoms with Crippen molar-refractivity contribution in [2.24, 2.45) is 5.92 Å². The van der Waals surface area contributed by atoms with E-state index in [1.54, 1.807) is 7.11 Å². The van der Waals surface area contributed by atoms with Crippen molar-refractivity contribution in [3.05, 3.63) is 40.6 Å². The number of thiophene rings is 1. The molecule has 0 amide bonds. The molecule has 3 unspecified atom stereocenters. The summed E-state index contributed by atoms with van der Waals surface area (Å²) in [4.78, 5) is 1.40. The highest BCUT2D eigenvalue weighted by Gasteiger charge is 2.34. The number of halogens is 1. The lowest BCUT2D eigenvalue weighted by molar-refractivity contribution is 0.0524. The molecule has 2 N–H and O–H groups in total. The molecule has 27 heavy (non-hydrogen) atoms. The van der Waals surface area contributed by atoms with Gasteiger partial charge in [0.2, 0.25) is 0 Å². The van der Waals surface area contributed by atoms with Crippen molar-refractivity contribution in [3.8, 4) is 16.9 Å². The van der Waals surface area contributed by atoms with Crippen LogP contribution in [0.1, 0.15) is 24.1 Å². The van der Waals surface area contributed by atoms with E-state index in [4.69, 9.17) is 9.47 Å². The number of nitrogens with one attached hydrogen (secondary N) is 2. The molecule has 1 aromatic heterocycles. The van der Waals surface area contributed by atoms with Gasteiger partial charge in [0.15, 0.2) is 0 Å². The van der Waals surface area contributed by atoms with Gasteiger partial charge in [0.25, 0.3) is 0 Å². The molecule has 148 valence electrons. The minimum atomic E-state index is 0. The molecule has 1 aromatic carbocycles. The Bertz CT molecular complexity index is 700. The number of morpholine rings is 1. The molecular weight excluding hydrogens is 380 g/mol. The van der Waals surface area contributed by atoms with Crippen molar-refractivity contribution >= 4 is 23.7 Å². The van der Waals surface area contributed by atoms with E-state index in [9.17, 15) is 0 Å². The number of methoxy groups -OCH3 is 1. The third kappa shape index (κ3) is 5.04. The van der Waals surface area contributed by atoms with Gasteiger partial charge >= 0.3 is 0 Å². The van der Waals surface area contributed by atoms with Crippen LogP contribution in [0.4, 0.5) is 0 Å². The largest absolute Gasteiger partial charge is 0.497 e. The lowest BCUT2D eigenvalue weighted by atomic mass is 9.94. The van der Waals surface area contributed by atoms with Gasteiger partial charge in [-0.25, -0.2) is 0 Å². The summed E-state index contributed by atoms with van der Waals surface area (Å²) in [6.07, 6.45) is 3.90. The lowest BCUT2D eigenvalue weighted by Crippen LogP contribution is -2.50. The minimum Gasteiger partial charge on any atom is -0.497 e. The van der Waals surface area contributed by atoms with Gasteiger partial charge in [-0.2, -0.15) is 0 Å². The molecule has 0 bridgehead atoms. The number of benzene rings is 1. The summed E-state index contributed by atoms with van der Waals surface area (Å²) in [5.41, 5.74) is 2.54. The number of hydrogen-bond donors (Lipinski definition) is 2. The van der Waals surface area contributed by atoms with Gasteiger partial charge < -0.3 is 20.1 Å². The van der Waals surface area contributed by atoms with E-state index in [0.29, 0.717) is 18.0 Å². The third-order valence-electron chi connectivity index (χ3n) is 5.65. The fraction of sp³-hybridized carbons (Fsp3) is 0.524. The van der Waals surface area contributed by atoms with Crippen LogP contribution in [0.5, 0.6) is 5.75 Å². The summed E-state index contributed by atoms with van der Waals surface area (Å²) in [6, 6.07) is 11.7. The molecule has 6 heteroatoms. The monoisotopic (exact) mass is 408 g/mol. The maximum Gasteiger partial charge on any atom is 0.118 e. The van der Waals surface area contributed by atoms with Crippen LogP contribution in [-0.4, -0.2) is 39.0 Å². The molecule has 4 rings (SSSR count). The molecular formula is C21H29ClN2O2S. The second-order valence-electron chi connectivity index (χ2n) is 7.25. The molecule has 1 aliphatic carbocycles. The zero-order valence-electron chi connectivity index (χ0n) is 15.8. The van der Waals surface area contributed by atoms with Crippen LogP contribution >= 0.6 is 23.7 Å². The fourth-order valence-electron chi connectivity index (χ4n) is 4.22. The summed E-state index contributed by atoms with van der Waals surface area (Å²) in [6.45, 7) is 3.66. The van der Waals surface area contributed by atoms with Crippen LogP contribution in [0.2, 0.25) is 0 Å². The van der Waals surface area contributed by atoms with Crippen molar-refractivity contribution in [1.82, 2.24) is 10.6 Å². The maximum atomic E-state index is 5.68. The van der Waals surface area contributed by atoms with E-state index >= 15 is 0 Å². The molecule has 3 atom stereocenters. The second-order valence-corrected chi connectivity index (χ2v) is 8.24. The average molecular weight is 409 g/mol. The Morgan fingerprint density at radius 1 is 1.22 bits per heavy atom. The first kappa shape index (κ1) is 20.6. The summed E-state index contributed by atoms with van der Waals surface area (Å²) >= 11 is 1.84. The van der Waals surface area contributed by atoms with Crippen molar-refractivity contribution in [1.29, 1.82) is 0 Å². The zero-order chi connectivity index (χ0) is 17.8. The molecule has 0 spiro atoms. The summed E-state index contributed by atoms with van der Waals surface area (Å²) in [7, 11) is 1.70. The number of hydrogen-bond acceptors (Lipinski definition) is 5. The molecule has 1 saturated carbocycles. The van der Waals surface area contributed by atoms with E-state index in [1.807, 2.05) is 23.5 Å². The first-order chi connectivity index (χ1) is 12.8. The normalized spacial score (nSPS) is 25.1. The van der Waals surface area contributed by atoms with Crippen LogP contribution in [0.15, 0.2) is 35.7 Å². The first-order valence-electron chi connectivity index (χ1n) is 9.60. The maximum absolute atomic E-state index is 5.68. The molecule has 4 nitrogen and oxygen atoms in total. The van der Waals surface area contributed by atoms with Gasteiger partial charge in [0.1, 0.15) is 5.75 Å². The number of ether oxygens (including phenoxy) is 2. The highest BCUT2D eigenvalue weighted by molar-refractivity contribution is 7.10. The van der Waals surface area contributed by atoms with Gasteiger partial charge in [-0.15, -0.1) is 23.7 Å². The Morgan fingerprint density at radius 3 is 2.81 bits per heavy atom. The van der Waals surface area contributed by atoms with Crippen molar-refractivity contribution < 1.29 is 9.47 Å². The standard InChI is InChI=1S/C21H28N2O2S.ClH/c1-24-17-7-5-15(6-8-17)16-11-18(26-14-16)12-23-20-4-2-3-19(20)21-13-25-10-9-22-21;/h5-8,11,14,19-23H,2-4,9-10,12-13H2,1H3;1H. The molecule has 2 aliphatic rings. The first-order valence-corrected chi connectivity index (χ1v) is 10.5. The minimum absolute atomic E-state index is 0. The summed E-state index contributed by atoms with van der Waals surface area (Å²) in [5, 5.41) is 9.73. The smallest absolute Gasteiger partial charge is 0.118 e. The Kier molecular flexibility index (Phi) is 7.56. The quantitative estimate of drug-likeness (QED) is 0.755. The zero-order valence-corrected chi connectivity index (χ0v) is 17.4. The topological polar surface area (TPSA) is 42.5 Å². The Balaban J connectivity index is 0.00000210. The van der Waals surface area contributed by atoms with Crippen LogP contribution in [0.3, 0.4) is 0 Å². The predicted octanol–water partition coefficient (Wildman–Crippen LogP) is 4.09. The summed E-state index contributed by atoms with van der Waals surface area (Å²) < 4.78 is 10.9. The Hall–Kier alpha value is -1.11. The van der Waals surface area contributed by atoms with Gasteiger partial charge in [-0.1, -0.05) is 18.6 Å². The van der Waals surface area contributed by atoms with E-state index in [0.717, 1.165) is 32.1 Å². The fourth-order valence-corrected chi connectivity index (χ4v) is 5.07. The van der Waals surface area contributed by atoms with Crippen molar-refractivity contribution in [2.75, 3.05) is 26.9 Å². The third-order valence-corrected chi connectivity index (χ3v) is 6.59. The van der Waals surface area contributed by atoms with E-state index in [2.05, 4.69) is 34.2 Å². The van der Waals surface area contributed by atoms with E-state index in [1.165, 1.54) is 35.3 Å². The van der Waals surface area contributed by atoms with Crippen LogP contribution in [0.25, 0.3) is 11.1 Å². The molecule has 1 aliphatic heterocycles. The van der Waals surface area contributed by atoms with Gasteiger partial charge in [0, 0.05) is 30.1 Å². The molecule has 2 fully saturated rings. The second kappa shape index (κ2) is 9.89. The molecule has 1 saturated heterocycles. The number of rotatable bonds is 6. The van der Waals surface area contributed by atoms with Gasteiger partial charge in [0.05, 0.1) is 20.3 Å².